The van der Waals surface area contributed by atoms with E-state index in [0.717, 1.165) is 75.7 Å². The molecule has 0 spiro atoms. The molecule has 262 valence electrons. The lowest BCUT2D eigenvalue weighted by Crippen LogP contribution is -2.60. The summed E-state index contributed by atoms with van der Waals surface area (Å²) < 4.78 is 7.11. The van der Waals surface area contributed by atoms with Crippen LogP contribution in [-0.2, 0) is 11.3 Å². The minimum Gasteiger partial charge on any atom is -0.393 e. The van der Waals surface area contributed by atoms with Crippen LogP contribution in [0.5, 0.6) is 0 Å². The highest BCUT2D eigenvalue weighted by molar-refractivity contribution is 5.15. The molecule has 0 amide bonds. The molecule has 0 aromatic heterocycles. The molecular weight excluding hydrogens is 566 g/mol. The van der Waals surface area contributed by atoms with E-state index in [9.17, 15) is 5.11 Å². The average Bonchev–Trinajstić information content (AvgIpc) is 3.41. The van der Waals surface area contributed by atoms with Gasteiger partial charge in [-0.25, -0.2) is 0 Å². The number of nitrogens with two attached hydrogens (primary N) is 1. The SMILES string of the molecule is CC(C)C(O)CC[C@@H](C)[C@H]1CC[C@H]2[C@@H]3[C@H](OCc4ccccc4)CC4C[C@H](NCCCNCCCCN)CC[C@]4(C)[C@H]3CC[C@]12C. The van der Waals surface area contributed by atoms with Crippen LogP contribution in [0.25, 0.3) is 0 Å². The molecule has 4 aliphatic rings. The van der Waals surface area contributed by atoms with Gasteiger partial charge < -0.3 is 26.2 Å². The fourth-order valence-electron chi connectivity index (χ4n) is 11.3. The first-order valence-corrected chi connectivity index (χ1v) is 19.6. The zero-order chi connectivity index (χ0) is 32.7. The lowest BCUT2D eigenvalue weighted by Gasteiger charge is -2.63. The van der Waals surface area contributed by atoms with E-state index in [-0.39, 0.29) is 6.10 Å². The summed E-state index contributed by atoms with van der Waals surface area (Å²) in [5.74, 6) is 4.77. The highest BCUT2D eigenvalue weighted by Gasteiger charge is 2.63. The van der Waals surface area contributed by atoms with Gasteiger partial charge in [-0.2, -0.15) is 0 Å². The van der Waals surface area contributed by atoms with Gasteiger partial charge in [0.25, 0.3) is 0 Å². The van der Waals surface area contributed by atoms with Crippen molar-refractivity contribution in [1.29, 1.82) is 0 Å². The van der Waals surface area contributed by atoms with E-state index in [2.05, 4.69) is 75.6 Å². The van der Waals surface area contributed by atoms with Crippen molar-refractivity contribution < 1.29 is 9.84 Å². The molecule has 46 heavy (non-hydrogen) atoms. The van der Waals surface area contributed by atoms with Gasteiger partial charge in [-0.15, -0.1) is 0 Å². The van der Waals surface area contributed by atoms with Gasteiger partial charge in [0.05, 0.1) is 18.8 Å². The first kappa shape index (κ1) is 36.3. The number of rotatable bonds is 17. The van der Waals surface area contributed by atoms with Crippen molar-refractivity contribution in [2.45, 2.75) is 143 Å². The second kappa shape index (κ2) is 16.6. The molecule has 4 aliphatic carbocycles. The number of hydrogen-bond donors (Lipinski definition) is 4. The van der Waals surface area contributed by atoms with Gasteiger partial charge in [0.2, 0.25) is 0 Å². The van der Waals surface area contributed by atoms with Crippen molar-refractivity contribution in [2.24, 2.45) is 58.0 Å². The number of unbranched alkanes of at least 4 members (excludes halogenated alkanes) is 1. The first-order chi connectivity index (χ1) is 22.2. The van der Waals surface area contributed by atoms with E-state index in [1.807, 2.05) is 0 Å². The Balaban J connectivity index is 1.26. The highest BCUT2D eigenvalue weighted by Crippen LogP contribution is 2.68. The van der Waals surface area contributed by atoms with Gasteiger partial charge in [-0.1, -0.05) is 65.0 Å². The number of fused-ring (bicyclic) bond motifs is 5. The summed E-state index contributed by atoms with van der Waals surface area (Å²) >= 11 is 0. The van der Waals surface area contributed by atoms with E-state index < -0.39 is 0 Å². The monoisotopic (exact) mass is 638 g/mol. The Bertz CT molecular complexity index is 1040. The summed E-state index contributed by atoms with van der Waals surface area (Å²) in [5.41, 5.74) is 7.79. The summed E-state index contributed by atoms with van der Waals surface area (Å²) in [6.45, 7) is 17.1. The fourth-order valence-corrected chi connectivity index (χ4v) is 11.3. The molecule has 0 bridgehead atoms. The Hall–Kier alpha value is -0.980. The topological polar surface area (TPSA) is 79.5 Å². The average molecular weight is 638 g/mol. The van der Waals surface area contributed by atoms with Crippen LogP contribution in [0.1, 0.15) is 124 Å². The van der Waals surface area contributed by atoms with Gasteiger partial charge in [0.15, 0.2) is 0 Å². The van der Waals surface area contributed by atoms with Gasteiger partial charge in [0.1, 0.15) is 0 Å². The Kier molecular flexibility index (Phi) is 13.1. The Labute approximate surface area is 283 Å². The molecule has 5 heteroatoms. The van der Waals surface area contributed by atoms with Crippen LogP contribution in [0.3, 0.4) is 0 Å². The van der Waals surface area contributed by atoms with Crippen molar-refractivity contribution in [1.82, 2.24) is 10.6 Å². The van der Waals surface area contributed by atoms with E-state index in [0.29, 0.717) is 40.7 Å². The van der Waals surface area contributed by atoms with Gasteiger partial charge in [-0.05, 0) is 167 Å². The molecule has 0 saturated heterocycles. The maximum atomic E-state index is 10.6. The minimum absolute atomic E-state index is 0.165. The predicted octanol–water partition coefficient (Wildman–Crippen LogP) is 7.95. The molecule has 5 rings (SSSR count). The van der Waals surface area contributed by atoms with Crippen LogP contribution in [0.4, 0.5) is 0 Å². The van der Waals surface area contributed by atoms with E-state index >= 15 is 0 Å². The lowest BCUT2D eigenvalue weighted by atomic mass is 9.43. The minimum atomic E-state index is -0.165. The maximum absolute atomic E-state index is 10.6. The maximum Gasteiger partial charge on any atom is 0.0720 e. The quantitative estimate of drug-likeness (QED) is 0.130. The zero-order valence-electron chi connectivity index (χ0n) is 30.3. The zero-order valence-corrected chi connectivity index (χ0v) is 30.3. The fraction of sp³-hybridized carbons (Fsp3) is 0.854. The van der Waals surface area contributed by atoms with Crippen molar-refractivity contribution in [3.05, 3.63) is 35.9 Å². The predicted molar refractivity (Wildman–Crippen MR) is 192 cm³/mol. The molecule has 5 nitrogen and oxygen atoms in total. The molecule has 4 saturated carbocycles. The molecule has 0 radical (unpaired) electrons. The number of aliphatic hydroxyl groups excluding tert-OH is 1. The van der Waals surface area contributed by atoms with E-state index in [1.165, 1.54) is 69.8 Å². The summed E-state index contributed by atoms with van der Waals surface area (Å²) in [5, 5.41) is 18.2. The summed E-state index contributed by atoms with van der Waals surface area (Å²) in [6.07, 6.45) is 16.6. The standard InChI is InChI=1S/C41H71N3O2/c1-29(2)37(45)17-14-30(3)34-15-16-35-39-36(19-21-41(34,35)5)40(4)20-18-33(44-25-11-24-43-23-10-9-22-42)26-32(40)27-38(39)46-28-31-12-7-6-8-13-31/h6-8,12-13,29-30,32-39,43-45H,9-11,14-28,42H2,1-5H3/t30-,32?,33-,34-,35+,36+,37?,38-,39+,40+,41-/m1/s1. The third-order valence-electron chi connectivity index (χ3n) is 14.2. The first-order valence-electron chi connectivity index (χ1n) is 19.6. The summed E-state index contributed by atoms with van der Waals surface area (Å²) in [6, 6.07) is 11.6. The summed E-state index contributed by atoms with van der Waals surface area (Å²) in [4.78, 5) is 0. The molecule has 1 aromatic rings. The van der Waals surface area contributed by atoms with Crippen LogP contribution in [-0.4, -0.2) is 49.5 Å². The van der Waals surface area contributed by atoms with Crippen LogP contribution >= 0.6 is 0 Å². The molecule has 4 fully saturated rings. The number of ether oxygens (including phenoxy) is 1. The van der Waals surface area contributed by atoms with Crippen molar-refractivity contribution >= 4 is 0 Å². The normalized spacial score (nSPS) is 37.0. The number of benzene rings is 1. The molecule has 2 unspecified atom stereocenters. The van der Waals surface area contributed by atoms with Crippen molar-refractivity contribution in [3.63, 3.8) is 0 Å². The van der Waals surface area contributed by atoms with Crippen LogP contribution in [0.15, 0.2) is 30.3 Å². The number of hydrogen-bond acceptors (Lipinski definition) is 5. The summed E-state index contributed by atoms with van der Waals surface area (Å²) in [7, 11) is 0. The Morgan fingerprint density at radius 2 is 1.61 bits per heavy atom. The van der Waals surface area contributed by atoms with E-state index in [4.69, 9.17) is 10.5 Å². The second-order valence-corrected chi connectivity index (χ2v) is 17.2. The number of aliphatic hydroxyl groups is 1. The highest BCUT2D eigenvalue weighted by atomic mass is 16.5. The van der Waals surface area contributed by atoms with Crippen LogP contribution in [0.2, 0.25) is 0 Å². The van der Waals surface area contributed by atoms with Gasteiger partial charge in [-0.3, -0.25) is 0 Å². The smallest absolute Gasteiger partial charge is 0.0720 e. The van der Waals surface area contributed by atoms with Crippen LogP contribution in [0, 0.1) is 52.3 Å². The third-order valence-corrected chi connectivity index (χ3v) is 14.2. The third kappa shape index (κ3) is 8.24. The van der Waals surface area contributed by atoms with Crippen molar-refractivity contribution in [3.8, 4) is 0 Å². The van der Waals surface area contributed by atoms with Crippen molar-refractivity contribution in [2.75, 3.05) is 26.2 Å². The number of nitrogens with one attached hydrogen (secondary N) is 2. The molecule has 1 aromatic carbocycles. The van der Waals surface area contributed by atoms with Crippen LogP contribution < -0.4 is 16.4 Å². The van der Waals surface area contributed by atoms with E-state index in [1.54, 1.807) is 0 Å². The van der Waals surface area contributed by atoms with Gasteiger partial charge >= 0.3 is 0 Å². The molecular formula is C41H71N3O2. The lowest BCUT2D eigenvalue weighted by molar-refractivity contribution is -0.185. The molecule has 5 N–H and O–H groups in total. The molecule has 11 atom stereocenters. The van der Waals surface area contributed by atoms with Gasteiger partial charge in [0, 0.05) is 6.04 Å². The molecule has 0 aliphatic heterocycles. The molecule has 0 heterocycles. The Morgan fingerprint density at radius 1 is 0.870 bits per heavy atom. The Morgan fingerprint density at radius 3 is 2.37 bits per heavy atom. The second-order valence-electron chi connectivity index (χ2n) is 17.2. The largest absolute Gasteiger partial charge is 0.393 e.